The number of nitrogens with one attached hydrogen (secondary N) is 1. The molecular weight excluding hydrogens is 333 g/mol. The van der Waals surface area contributed by atoms with E-state index in [0.29, 0.717) is 35.5 Å². The highest BCUT2D eigenvalue weighted by Crippen LogP contribution is 2.44. The number of anilines is 1. The normalized spacial score (nSPS) is 14.5. The van der Waals surface area contributed by atoms with Gasteiger partial charge < -0.3 is 9.73 Å². The molecule has 0 radical (unpaired) electrons. The molecule has 134 valence electrons. The molecule has 0 atom stereocenters. The smallest absolute Gasteiger partial charge is 0.450 e. The standard InChI is InChI=1S/C18H19F3N2O2/c1-10(2)17(24)23-14-8-7-11(9-22-14)15-12-5-3-4-6-13(12)25-16(15)18(19,20)21/h7-10H,3-6H2,1-2H3,(H,22,23,24). The van der Waals surface area contributed by atoms with Crippen LogP contribution in [0, 0.1) is 5.92 Å². The summed E-state index contributed by atoms with van der Waals surface area (Å²) in [6, 6.07) is 3.05. The van der Waals surface area contributed by atoms with Gasteiger partial charge in [0.2, 0.25) is 11.7 Å². The van der Waals surface area contributed by atoms with Crippen LogP contribution in [0.2, 0.25) is 0 Å². The number of carbonyl (C=O) groups is 1. The Hall–Kier alpha value is -2.31. The van der Waals surface area contributed by atoms with Gasteiger partial charge in [0, 0.05) is 35.2 Å². The molecule has 2 heterocycles. The lowest BCUT2D eigenvalue weighted by Crippen LogP contribution is -2.18. The molecule has 0 unspecified atom stereocenters. The Kier molecular flexibility index (Phi) is 4.58. The number of nitrogens with zero attached hydrogens (tertiary/aromatic N) is 1. The maximum Gasteiger partial charge on any atom is 0.450 e. The lowest BCUT2D eigenvalue weighted by atomic mass is 9.92. The van der Waals surface area contributed by atoms with E-state index in [1.807, 2.05) is 0 Å². The molecule has 2 aromatic rings. The van der Waals surface area contributed by atoms with Gasteiger partial charge in [-0.3, -0.25) is 4.79 Å². The van der Waals surface area contributed by atoms with E-state index in [2.05, 4.69) is 10.3 Å². The first-order chi connectivity index (χ1) is 11.8. The lowest BCUT2D eigenvalue weighted by molar-refractivity contribution is -0.152. The van der Waals surface area contributed by atoms with Crippen LogP contribution in [0.4, 0.5) is 19.0 Å². The summed E-state index contributed by atoms with van der Waals surface area (Å²) in [7, 11) is 0. The van der Waals surface area contributed by atoms with Crippen LogP contribution in [0.25, 0.3) is 11.1 Å². The number of aryl methyl sites for hydroxylation is 1. The Bertz CT molecular complexity index is 777. The fourth-order valence-corrected chi connectivity index (χ4v) is 2.96. The molecule has 0 saturated carbocycles. The highest BCUT2D eigenvalue weighted by atomic mass is 19.4. The molecular formula is C18H19F3N2O2. The minimum atomic E-state index is -4.56. The Labute approximate surface area is 143 Å². The summed E-state index contributed by atoms with van der Waals surface area (Å²) in [5, 5.41) is 2.63. The van der Waals surface area contributed by atoms with Crippen LogP contribution < -0.4 is 5.32 Å². The maximum atomic E-state index is 13.4. The van der Waals surface area contributed by atoms with Crippen LogP contribution in [0.3, 0.4) is 0 Å². The average Bonchev–Trinajstić information content (AvgIpc) is 2.95. The van der Waals surface area contributed by atoms with E-state index in [0.717, 1.165) is 12.8 Å². The zero-order valence-electron chi connectivity index (χ0n) is 14.0. The van der Waals surface area contributed by atoms with Gasteiger partial charge in [0.15, 0.2) is 0 Å². The van der Waals surface area contributed by atoms with Crippen LogP contribution in [0.1, 0.15) is 43.8 Å². The van der Waals surface area contributed by atoms with E-state index in [-0.39, 0.29) is 17.4 Å². The van der Waals surface area contributed by atoms with Crippen molar-refractivity contribution in [3.8, 4) is 11.1 Å². The van der Waals surface area contributed by atoms with Gasteiger partial charge in [0.25, 0.3) is 0 Å². The van der Waals surface area contributed by atoms with Crippen molar-refractivity contribution in [2.45, 2.75) is 45.7 Å². The second-order valence-electron chi connectivity index (χ2n) is 6.49. The maximum absolute atomic E-state index is 13.4. The van der Waals surface area contributed by atoms with Gasteiger partial charge in [-0.25, -0.2) is 4.98 Å². The molecule has 4 nitrogen and oxygen atoms in total. The number of amides is 1. The molecule has 7 heteroatoms. The van der Waals surface area contributed by atoms with Crippen molar-refractivity contribution in [1.82, 2.24) is 4.98 Å². The van der Waals surface area contributed by atoms with Crippen LogP contribution in [0.15, 0.2) is 22.7 Å². The summed E-state index contributed by atoms with van der Waals surface area (Å²) in [6.45, 7) is 3.49. The quantitative estimate of drug-likeness (QED) is 0.860. The topological polar surface area (TPSA) is 55.1 Å². The first kappa shape index (κ1) is 17.5. The van der Waals surface area contributed by atoms with Crippen molar-refractivity contribution in [2.75, 3.05) is 5.32 Å². The molecule has 1 aliphatic rings. The van der Waals surface area contributed by atoms with Gasteiger partial charge in [-0.15, -0.1) is 0 Å². The van der Waals surface area contributed by atoms with E-state index in [1.54, 1.807) is 13.8 Å². The minimum Gasteiger partial charge on any atom is -0.456 e. The first-order valence-electron chi connectivity index (χ1n) is 8.26. The van der Waals surface area contributed by atoms with E-state index >= 15 is 0 Å². The van der Waals surface area contributed by atoms with Crippen molar-refractivity contribution in [1.29, 1.82) is 0 Å². The highest BCUT2D eigenvalue weighted by molar-refractivity contribution is 5.91. The molecule has 2 aromatic heterocycles. The predicted molar refractivity (Wildman–Crippen MR) is 87.1 cm³/mol. The van der Waals surface area contributed by atoms with Crippen LogP contribution in [-0.4, -0.2) is 10.9 Å². The Morgan fingerprint density at radius 3 is 2.56 bits per heavy atom. The highest BCUT2D eigenvalue weighted by Gasteiger charge is 2.41. The SMILES string of the molecule is CC(C)C(=O)Nc1ccc(-c2c(C(F)(F)F)oc3c2CCCC3)cn1. The number of rotatable bonds is 3. The molecule has 25 heavy (non-hydrogen) atoms. The number of furan rings is 1. The number of hydrogen-bond acceptors (Lipinski definition) is 3. The summed E-state index contributed by atoms with van der Waals surface area (Å²) in [5.74, 6) is -0.629. The van der Waals surface area contributed by atoms with Gasteiger partial charge >= 0.3 is 6.18 Å². The number of carbonyl (C=O) groups excluding carboxylic acids is 1. The molecule has 0 fully saturated rings. The van der Waals surface area contributed by atoms with E-state index in [9.17, 15) is 18.0 Å². The van der Waals surface area contributed by atoms with Crippen molar-refractivity contribution in [2.24, 2.45) is 5.92 Å². The Morgan fingerprint density at radius 2 is 1.96 bits per heavy atom. The van der Waals surface area contributed by atoms with Crippen molar-refractivity contribution >= 4 is 11.7 Å². The molecule has 0 aliphatic heterocycles. The van der Waals surface area contributed by atoms with E-state index in [1.165, 1.54) is 18.3 Å². The molecule has 0 aromatic carbocycles. The monoisotopic (exact) mass is 352 g/mol. The summed E-state index contributed by atoms with van der Waals surface area (Å²) in [4.78, 5) is 15.8. The van der Waals surface area contributed by atoms with Crippen molar-refractivity contribution in [3.05, 3.63) is 35.4 Å². The zero-order chi connectivity index (χ0) is 18.2. The fourth-order valence-electron chi connectivity index (χ4n) is 2.96. The van der Waals surface area contributed by atoms with Gasteiger partial charge in [-0.1, -0.05) is 13.8 Å². The molecule has 3 rings (SSSR count). The van der Waals surface area contributed by atoms with Crippen molar-refractivity contribution < 1.29 is 22.4 Å². The average molecular weight is 352 g/mol. The third-order valence-corrected chi connectivity index (χ3v) is 4.26. The molecule has 0 saturated heterocycles. The van der Waals surface area contributed by atoms with Crippen LogP contribution in [-0.2, 0) is 23.8 Å². The molecule has 0 bridgehead atoms. The summed E-state index contributed by atoms with van der Waals surface area (Å²) >= 11 is 0. The number of halogens is 3. The van der Waals surface area contributed by atoms with Gasteiger partial charge in [-0.2, -0.15) is 13.2 Å². The fraction of sp³-hybridized carbons (Fsp3) is 0.444. The molecule has 1 N–H and O–H groups in total. The first-order valence-corrected chi connectivity index (χ1v) is 8.26. The molecule has 1 aliphatic carbocycles. The number of fused-ring (bicyclic) bond motifs is 1. The number of aromatic nitrogens is 1. The lowest BCUT2D eigenvalue weighted by Gasteiger charge is -2.12. The zero-order valence-corrected chi connectivity index (χ0v) is 14.0. The van der Waals surface area contributed by atoms with Crippen LogP contribution >= 0.6 is 0 Å². The number of alkyl halides is 3. The third-order valence-electron chi connectivity index (χ3n) is 4.26. The van der Waals surface area contributed by atoms with E-state index < -0.39 is 11.9 Å². The van der Waals surface area contributed by atoms with Gasteiger partial charge in [0.05, 0.1) is 0 Å². The van der Waals surface area contributed by atoms with Gasteiger partial charge in [-0.05, 0) is 31.4 Å². The minimum absolute atomic E-state index is 0.0800. The third kappa shape index (κ3) is 3.55. The molecule has 0 spiro atoms. The predicted octanol–water partition coefficient (Wildman–Crippen LogP) is 4.83. The Balaban J connectivity index is 1.98. The van der Waals surface area contributed by atoms with E-state index in [4.69, 9.17) is 4.42 Å². The number of pyridine rings is 1. The summed E-state index contributed by atoms with van der Waals surface area (Å²) < 4.78 is 45.3. The van der Waals surface area contributed by atoms with Crippen LogP contribution in [0.5, 0.6) is 0 Å². The summed E-state index contributed by atoms with van der Waals surface area (Å²) in [5.41, 5.74) is 1.05. The molecule has 1 amide bonds. The second kappa shape index (κ2) is 6.54. The second-order valence-corrected chi connectivity index (χ2v) is 6.49. The summed E-state index contributed by atoms with van der Waals surface area (Å²) in [6.07, 6.45) is -0.449. The largest absolute Gasteiger partial charge is 0.456 e. The van der Waals surface area contributed by atoms with Gasteiger partial charge in [0.1, 0.15) is 11.6 Å². The van der Waals surface area contributed by atoms with Crippen molar-refractivity contribution in [3.63, 3.8) is 0 Å². The Morgan fingerprint density at radius 1 is 1.24 bits per heavy atom. The number of hydrogen-bond donors (Lipinski definition) is 1.